The van der Waals surface area contributed by atoms with Gasteiger partial charge in [-0.2, -0.15) is 23.5 Å². The molecule has 2 nitrogen and oxygen atoms in total. The van der Waals surface area contributed by atoms with E-state index in [1.165, 1.54) is 42.8 Å². The van der Waals surface area contributed by atoms with E-state index in [4.69, 9.17) is 11.6 Å². The van der Waals surface area contributed by atoms with Gasteiger partial charge in [-0.1, -0.05) is 49.9 Å². The second kappa shape index (κ2) is 11.9. The summed E-state index contributed by atoms with van der Waals surface area (Å²) in [6.45, 7) is 3.29. The molecule has 0 N–H and O–H groups in total. The van der Waals surface area contributed by atoms with Gasteiger partial charge < -0.3 is 4.57 Å². The molecule has 2 rings (SSSR count). The fourth-order valence-electron chi connectivity index (χ4n) is 2.42. The van der Waals surface area contributed by atoms with E-state index in [1.807, 2.05) is 36.4 Å². The molecule has 0 spiro atoms. The third-order valence-corrected chi connectivity index (χ3v) is 6.78. The van der Waals surface area contributed by atoms with Crippen LogP contribution < -0.4 is 0 Å². The van der Waals surface area contributed by atoms with Gasteiger partial charge in [0.2, 0.25) is 0 Å². The molecule has 0 bridgehead atoms. The smallest absolute Gasteiger partial charge is 0.0946 e. The van der Waals surface area contributed by atoms with Crippen molar-refractivity contribution in [1.82, 2.24) is 9.55 Å². The van der Waals surface area contributed by atoms with E-state index in [9.17, 15) is 0 Å². The molecule has 0 amide bonds. The highest BCUT2D eigenvalue weighted by Crippen LogP contribution is 2.24. The molecule has 24 heavy (non-hydrogen) atoms. The predicted molar refractivity (Wildman–Crippen MR) is 110 cm³/mol. The van der Waals surface area contributed by atoms with Crippen molar-refractivity contribution in [2.45, 2.75) is 50.2 Å². The predicted octanol–water partition coefficient (Wildman–Crippen LogP) is 6.15. The second-order valence-electron chi connectivity index (χ2n) is 5.95. The number of hydrogen-bond donors (Lipinski definition) is 0. The zero-order chi connectivity index (χ0) is 17.0. The summed E-state index contributed by atoms with van der Waals surface area (Å²) in [6.07, 6.45) is 11.2. The Morgan fingerprint density at radius 1 is 1.17 bits per heavy atom. The van der Waals surface area contributed by atoms with E-state index in [-0.39, 0.29) is 0 Å². The third-order valence-electron chi connectivity index (χ3n) is 3.82. The highest BCUT2D eigenvalue weighted by Gasteiger charge is 2.11. The molecule has 0 radical (unpaired) electrons. The van der Waals surface area contributed by atoms with Crippen LogP contribution in [0.1, 0.15) is 38.2 Å². The van der Waals surface area contributed by atoms with Gasteiger partial charge in [-0.05, 0) is 29.9 Å². The number of imidazole rings is 1. The van der Waals surface area contributed by atoms with Crippen LogP contribution in [0.3, 0.4) is 0 Å². The molecule has 1 aromatic heterocycles. The fourth-order valence-corrected chi connectivity index (χ4v) is 5.06. The Morgan fingerprint density at radius 2 is 2.00 bits per heavy atom. The summed E-state index contributed by atoms with van der Waals surface area (Å²) in [5.41, 5.74) is 1.34. The molecule has 1 heterocycles. The first-order valence-electron chi connectivity index (χ1n) is 8.67. The van der Waals surface area contributed by atoms with E-state index >= 15 is 0 Å². The van der Waals surface area contributed by atoms with Gasteiger partial charge in [-0.3, -0.25) is 0 Å². The van der Waals surface area contributed by atoms with E-state index in [0.717, 1.165) is 17.3 Å². The monoisotopic (exact) mass is 382 g/mol. The van der Waals surface area contributed by atoms with Crippen LogP contribution in [0, 0.1) is 0 Å². The highest BCUT2D eigenvalue weighted by atomic mass is 35.5. The van der Waals surface area contributed by atoms with E-state index in [1.54, 1.807) is 0 Å². The van der Waals surface area contributed by atoms with E-state index < -0.39 is 0 Å². The number of benzene rings is 1. The number of thioether (sulfide) groups is 2. The van der Waals surface area contributed by atoms with Gasteiger partial charge in [0.1, 0.15) is 0 Å². The van der Waals surface area contributed by atoms with Crippen LogP contribution in [0.2, 0.25) is 5.02 Å². The molecule has 5 heteroatoms. The van der Waals surface area contributed by atoms with Crippen LogP contribution in [0.25, 0.3) is 0 Å². The Kier molecular flexibility index (Phi) is 9.78. The lowest BCUT2D eigenvalue weighted by Crippen LogP contribution is -2.15. The quantitative estimate of drug-likeness (QED) is 0.410. The summed E-state index contributed by atoms with van der Waals surface area (Å²) < 4.78 is 2.19. The first-order chi connectivity index (χ1) is 11.8. The number of rotatable bonds is 12. The summed E-state index contributed by atoms with van der Waals surface area (Å²) in [5.74, 6) is 3.51. The molecule has 1 aromatic carbocycles. The highest BCUT2D eigenvalue weighted by molar-refractivity contribution is 8.03. The topological polar surface area (TPSA) is 17.8 Å². The standard InChI is InChI=1S/C19H27ClN2S2/c1-2-3-4-5-12-23-15-19(13-22-11-10-21-16-22)24-14-17-6-8-18(20)9-7-17/h6-11,16,19H,2-5,12-15H2,1H3. The van der Waals surface area contributed by atoms with Gasteiger partial charge >= 0.3 is 0 Å². The summed E-state index contributed by atoms with van der Waals surface area (Å²) in [5, 5.41) is 1.41. The average Bonchev–Trinajstić information content (AvgIpc) is 3.10. The largest absolute Gasteiger partial charge is 0.336 e. The maximum absolute atomic E-state index is 5.97. The van der Waals surface area contributed by atoms with Crippen LogP contribution >= 0.6 is 35.1 Å². The Bertz CT molecular complexity index is 543. The summed E-state index contributed by atoms with van der Waals surface area (Å²) in [6, 6.07) is 8.21. The Labute approximate surface area is 159 Å². The van der Waals surface area contributed by atoms with Crippen LogP contribution in [-0.4, -0.2) is 26.3 Å². The SMILES string of the molecule is CCCCCCSCC(Cn1ccnc1)SCc1ccc(Cl)cc1. The molecule has 0 aliphatic rings. The van der Waals surface area contributed by atoms with Crippen molar-refractivity contribution in [1.29, 1.82) is 0 Å². The number of hydrogen-bond acceptors (Lipinski definition) is 3. The van der Waals surface area contributed by atoms with Crippen LogP contribution in [0.4, 0.5) is 0 Å². The van der Waals surface area contributed by atoms with Crippen LogP contribution in [0.5, 0.6) is 0 Å². The number of halogens is 1. The fraction of sp³-hybridized carbons (Fsp3) is 0.526. The normalized spacial score (nSPS) is 12.4. The van der Waals surface area contributed by atoms with Crippen molar-refractivity contribution in [3.63, 3.8) is 0 Å². The Morgan fingerprint density at radius 3 is 2.71 bits per heavy atom. The van der Waals surface area contributed by atoms with Crippen molar-refractivity contribution in [2.75, 3.05) is 11.5 Å². The lowest BCUT2D eigenvalue weighted by Gasteiger charge is -2.17. The van der Waals surface area contributed by atoms with Gasteiger partial charge in [0.05, 0.1) is 6.33 Å². The van der Waals surface area contributed by atoms with Crippen molar-refractivity contribution in [3.8, 4) is 0 Å². The maximum Gasteiger partial charge on any atom is 0.0946 e. The van der Waals surface area contributed by atoms with Crippen LogP contribution in [-0.2, 0) is 12.3 Å². The van der Waals surface area contributed by atoms with Gasteiger partial charge in [-0.25, -0.2) is 4.98 Å². The molecule has 0 aliphatic carbocycles. The number of aromatic nitrogens is 2. The molecule has 132 valence electrons. The number of unbranched alkanes of at least 4 members (excludes halogenated alkanes) is 3. The zero-order valence-electron chi connectivity index (χ0n) is 14.4. The molecule has 0 saturated heterocycles. The second-order valence-corrected chi connectivity index (χ2v) is 8.83. The summed E-state index contributed by atoms with van der Waals surface area (Å²) in [7, 11) is 0. The first kappa shape index (κ1) is 19.7. The zero-order valence-corrected chi connectivity index (χ0v) is 16.8. The lowest BCUT2D eigenvalue weighted by molar-refractivity contribution is 0.692. The summed E-state index contributed by atoms with van der Waals surface area (Å²) in [4.78, 5) is 4.17. The minimum atomic E-state index is 0.603. The molecule has 1 unspecified atom stereocenters. The minimum Gasteiger partial charge on any atom is -0.336 e. The van der Waals surface area contributed by atoms with Gasteiger partial charge in [0, 0.05) is 40.7 Å². The first-order valence-corrected chi connectivity index (χ1v) is 11.3. The molecule has 0 fully saturated rings. The molecule has 2 aromatic rings. The van der Waals surface area contributed by atoms with Gasteiger partial charge in [0.15, 0.2) is 0 Å². The van der Waals surface area contributed by atoms with Crippen molar-refractivity contribution < 1.29 is 0 Å². The molecular formula is C19H27ClN2S2. The van der Waals surface area contributed by atoms with E-state index in [2.05, 4.69) is 46.6 Å². The molecule has 0 aliphatic heterocycles. The molecular weight excluding hydrogens is 356 g/mol. The number of nitrogens with zero attached hydrogens (tertiary/aromatic N) is 2. The lowest BCUT2D eigenvalue weighted by atomic mass is 10.2. The van der Waals surface area contributed by atoms with E-state index in [0.29, 0.717) is 5.25 Å². The Hall–Kier alpha value is -0.580. The third kappa shape index (κ3) is 8.00. The molecule has 0 saturated carbocycles. The van der Waals surface area contributed by atoms with Crippen LogP contribution in [0.15, 0.2) is 43.0 Å². The Balaban J connectivity index is 1.77. The van der Waals surface area contributed by atoms with Crippen molar-refractivity contribution >= 4 is 35.1 Å². The average molecular weight is 383 g/mol. The maximum atomic E-state index is 5.97. The van der Waals surface area contributed by atoms with Crippen molar-refractivity contribution in [2.24, 2.45) is 0 Å². The minimum absolute atomic E-state index is 0.603. The summed E-state index contributed by atoms with van der Waals surface area (Å²) >= 11 is 10.1. The van der Waals surface area contributed by atoms with Gasteiger partial charge in [-0.15, -0.1) is 0 Å². The van der Waals surface area contributed by atoms with Crippen molar-refractivity contribution in [3.05, 3.63) is 53.6 Å². The molecule has 1 atom stereocenters. The van der Waals surface area contributed by atoms with Gasteiger partial charge in [0.25, 0.3) is 0 Å².